The average molecular weight is 528 g/mol. The van der Waals surface area contributed by atoms with E-state index >= 15 is 0 Å². The maximum Gasteiger partial charge on any atom is 0.314 e. The van der Waals surface area contributed by atoms with Crippen molar-refractivity contribution in [1.29, 1.82) is 0 Å². The number of anilines is 1. The summed E-state index contributed by atoms with van der Waals surface area (Å²) in [4.78, 5) is 28.9. The molecule has 1 amide bonds. The second-order valence-corrected chi connectivity index (χ2v) is 9.16. The summed E-state index contributed by atoms with van der Waals surface area (Å²) in [6.45, 7) is 4.09. The minimum Gasteiger partial charge on any atom is -0.481 e. The van der Waals surface area contributed by atoms with Crippen LogP contribution in [0.3, 0.4) is 0 Å². The van der Waals surface area contributed by atoms with Crippen molar-refractivity contribution in [3.63, 3.8) is 0 Å². The normalized spacial score (nSPS) is 19.4. The number of pyridine rings is 1. The molecule has 1 aliphatic carbocycles. The lowest BCUT2D eigenvalue weighted by atomic mass is 9.74. The molecule has 36 heavy (non-hydrogen) atoms. The number of carboxylic acids is 1. The van der Waals surface area contributed by atoms with Crippen LogP contribution in [0.25, 0.3) is 10.8 Å². The van der Waals surface area contributed by atoms with E-state index < -0.39 is 17.8 Å². The number of nitrogens with zero attached hydrogens (tertiary/aromatic N) is 1. The molecule has 3 aromatic rings. The molecule has 1 aliphatic rings. The molecule has 190 valence electrons. The topological polar surface area (TPSA) is 105 Å². The summed E-state index contributed by atoms with van der Waals surface area (Å²) in [6, 6.07) is 15.5. The van der Waals surface area contributed by atoms with E-state index in [0.717, 1.165) is 27.5 Å². The Bertz CT molecular complexity index is 1310. The van der Waals surface area contributed by atoms with E-state index in [1.165, 1.54) is 0 Å². The highest BCUT2D eigenvalue weighted by molar-refractivity contribution is 5.98. The van der Waals surface area contributed by atoms with E-state index in [4.69, 9.17) is 5.73 Å². The number of nitrogens with two attached hydrogens (primary N) is 1. The molecule has 0 aliphatic heterocycles. The Morgan fingerprint density at radius 3 is 2.58 bits per heavy atom. The van der Waals surface area contributed by atoms with Gasteiger partial charge in [-0.05, 0) is 48.1 Å². The highest BCUT2D eigenvalue weighted by Crippen LogP contribution is 2.36. The fraction of sp³-hybridized carbons (Fsp3) is 0.250. The van der Waals surface area contributed by atoms with Gasteiger partial charge in [0.2, 0.25) is 5.91 Å². The van der Waals surface area contributed by atoms with Gasteiger partial charge in [-0.3, -0.25) is 14.6 Å². The van der Waals surface area contributed by atoms with Crippen LogP contribution in [0.4, 0.5) is 5.69 Å². The third-order valence-corrected chi connectivity index (χ3v) is 6.45. The Balaban J connectivity index is 0.00000228. The number of hydrogen-bond donors (Lipinski definition) is 3. The Labute approximate surface area is 223 Å². The lowest BCUT2D eigenvalue weighted by molar-refractivity contribution is -0.139. The first-order valence-electron chi connectivity index (χ1n) is 11.3. The number of benzene rings is 2. The van der Waals surface area contributed by atoms with E-state index in [0.29, 0.717) is 12.1 Å². The summed E-state index contributed by atoms with van der Waals surface area (Å²) in [5.74, 6) is -2.12. The van der Waals surface area contributed by atoms with Gasteiger partial charge in [-0.2, -0.15) is 0 Å². The zero-order valence-electron chi connectivity index (χ0n) is 20.2. The summed E-state index contributed by atoms with van der Waals surface area (Å²) in [5, 5.41) is 14.4. The van der Waals surface area contributed by atoms with Gasteiger partial charge in [-0.25, -0.2) is 0 Å². The van der Waals surface area contributed by atoms with Gasteiger partial charge in [-0.15, -0.1) is 24.8 Å². The molecule has 0 saturated heterocycles. The van der Waals surface area contributed by atoms with E-state index in [2.05, 4.69) is 17.2 Å². The van der Waals surface area contributed by atoms with Crippen LogP contribution in [0, 0.1) is 11.3 Å². The third kappa shape index (κ3) is 6.32. The van der Waals surface area contributed by atoms with Crippen LogP contribution in [0.15, 0.2) is 84.7 Å². The number of aromatic nitrogens is 1. The highest BCUT2D eigenvalue weighted by Gasteiger charge is 2.30. The Morgan fingerprint density at radius 2 is 1.89 bits per heavy atom. The highest BCUT2D eigenvalue weighted by atomic mass is 35.5. The fourth-order valence-corrected chi connectivity index (χ4v) is 4.72. The van der Waals surface area contributed by atoms with Crippen LogP contribution in [0.2, 0.25) is 0 Å². The van der Waals surface area contributed by atoms with Gasteiger partial charge in [0.25, 0.3) is 0 Å². The molecular weight excluding hydrogens is 497 g/mol. The first-order valence-corrected chi connectivity index (χ1v) is 11.3. The van der Waals surface area contributed by atoms with Crippen LogP contribution >= 0.6 is 24.8 Å². The maximum atomic E-state index is 13.3. The largest absolute Gasteiger partial charge is 0.481 e. The molecule has 3 unspecified atom stereocenters. The van der Waals surface area contributed by atoms with Gasteiger partial charge < -0.3 is 16.2 Å². The number of carbonyl (C=O) groups excluding carboxylic acids is 1. The summed E-state index contributed by atoms with van der Waals surface area (Å²) in [5.41, 5.74) is 9.17. The van der Waals surface area contributed by atoms with Crippen molar-refractivity contribution in [3.05, 3.63) is 95.9 Å². The quantitative estimate of drug-likeness (QED) is 0.350. The molecule has 6 nitrogen and oxygen atoms in total. The second kappa shape index (κ2) is 12.2. The second-order valence-electron chi connectivity index (χ2n) is 9.16. The van der Waals surface area contributed by atoms with Gasteiger partial charge in [0.1, 0.15) is 0 Å². The molecule has 1 heterocycles. The summed E-state index contributed by atoms with van der Waals surface area (Å²) < 4.78 is 0. The maximum absolute atomic E-state index is 13.3. The van der Waals surface area contributed by atoms with Crippen molar-refractivity contribution in [3.8, 4) is 0 Å². The van der Waals surface area contributed by atoms with E-state index in [1.54, 1.807) is 18.5 Å². The molecule has 4 rings (SSSR count). The number of allylic oxidation sites excluding steroid dienone is 2. The number of nitrogens with one attached hydrogen (secondary N) is 1. The summed E-state index contributed by atoms with van der Waals surface area (Å²) in [7, 11) is 0. The summed E-state index contributed by atoms with van der Waals surface area (Å²) >= 11 is 0. The molecule has 1 aromatic heterocycles. The standard InChI is InChI=1S/C28H29N3O3.2ClH/c1-18-14-28(2,11-9-23(18)27(33)34)15-20-5-3-4-6-24(20)25(16-29)26(32)31-22-8-7-21-17-30-12-10-19(21)13-22;;/h3-14,17,23,25H,15-16,29H2,1-2H3,(H,31,32)(H,33,34);2*1H. The monoisotopic (exact) mass is 527 g/mol. The van der Waals surface area contributed by atoms with Gasteiger partial charge in [0.05, 0.1) is 11.8 Å². The van der Waals surface area contributed by atoms with Crippen molar-refractivity contribution >= 4 is 53.2 Å². The Morgan fingerprint density at radius 1 is 1.14 bits per heavy atom. The van der Waals surface area contributed by atoms with Gasteiger partial charge in [0.15, 0.2) is 0 Å². The van der Waals surface area contributed by atoms with Crippen molar-refractivity contribution in [2.45, 2.75) is 26.2 Å². The molecule has 3 atom stereocenters. The van der Waals surface area contributed by atoms with E-state index in [9.17, 15) is 14.7 Å². The SMILES string of the molecule is CC1=CC(C)(Cc2ccccc2C(CN)C(=O)Nc2ccc3cnccc3c2)C=CC1C(=O)O.Cl.Cl. The molecule has 0 radical (unpaired) electrons. The first kappa shape index (κ1) is 29.0. The van der Waals surface area contributed by atoms with Gasteiger partial charge in [-0.1, -0.05) is 61.1 Å². The van der Waals surface area contributed by atoms with Crippen molar-refractivity contribution < 1.29 is 14.7 Å². The minimum atomic E-state index is -0.850. The Hall–Kier alpha value is -3.19. The van der Waals surface area contributed by atoms with Gasteiger partial charge in [0, 0.05) is 35.4 Å². The number of fused-ring (bicyclic) bond motifs is 1. The Kier molecular flexibility index (Phi) is 9.82. The van der Waals surface area contributed by atoms with E-state index in [1.807, 2.05) is 67.6 Å². The molecular formula is C28H31Cl2N3O3. The number of carboxylic acid groups (broad SMARTS) is 1. The number of rotatable bonds is 7. The number of amides is 1. The lowest BCUT2D eigenvalue weighted by Crippen LogP contribution is -2.29. The minimum absolute atomic E-state index is 0. The number of carbonyl (C=O) groups is 2. The van der Waals surface area contributed by atoms with Crippen molar-refractivity contribution in [2.75, 3.05) is 11.9 Å². The summed E-state index contributed by atoms with van der Waals surface area (Å²) in [6.07, 6.45) is 9.87. The van der Waals surface area contributed by atoms with Crippen LogP contribution in [-0.4, -0.2) is 28.5 Å². The predicted molar refractivity (Wildman–Crippen MR) is 149 cm³/mol. The number of halogens is 2. The van der Waals surface area contributed by atoms with Crippen molar-refractivity contribution in [2.24, 2.45) is 17.1 Å². The third-order valence-electron chi connectivity index (χ3n) is 6.45. The molecule has 2 aromatic carbocycles. The number of hydrogen-bond acceptors (Lipinski definition) is 4. The van der Waals surface area contributed by atoms with Crippen LogP contribution in [0.5, 0.6) is 0 Å². The molecule has 0 bridgehead atoms. The van der Waals surface area contributed by atoms with Crippen molar-refractivity contribution in [1.82, 2.24) is 4.98 Å². The zero-order chi connectivity index (χ0) is 24.3. The van der Waals surface area contributed by atoms with Crippen LogP contribution < -0.4 is 11.1 Å². The van der Waals surface area contributed by atoms with Crippen LogP contribution in [-0.2, 0) is 16.0 Å². The lowest BCUT2D eigenvalue weighted by Gasteiger charge is -2.30. The van der Waals surface area contributed by atoms with Crippen LogP contribution in [0.1, 0.15) is 30.9 Å². The molecule has 0 saturated carbocycles. The molecule has 8 heteroatoms. The fourth-order valence-electron chi connectivity index (χ4n) is 4.72. The zero-order valence-corrected chi connectivity index (χ0v) is 21.8. The van der Waals surface area contributed by atoms with Gasteiger partial charge >= 0.3 is 5.97 Å². The smallest absolute Gasteiger partial charge is 0.314 e. The molecule has 4 N–H and O–H groups in total. The number of aliphatic carboxylic acids is 1. The molecule has 0 spiro atoms. The first-order chi connectivity index (χ1) is 16.3. The molecule has 0 fully saturated rings. The van der Waals surface area contributed by atoms with E-state index in [-0.39, 0.29) is 42.7 Å². The predicted octanol–water partition coefficient (Wildman–Crippen LogP) is 5.53. The average Bonchev–Trinajstić information content (AvgIpc) is 2.80.